The van der Waals surface area contributed by atoms with Crippen molar-refractivity contribution in [3.05, 3.63) is 64.1 Å². The molecule has 0 spiro atoms. The maximum Gasteiger partial charge on any atom is 0.244 e. The molecule has 118 valence electrons. The molecule has 0 aliphatic rings. The number of sulfonamides is 1. The van der Waals surface area contributed by atoms with Gasteiger partial charge < -0.3 is 0 Å². The van der Waals surface area contributed by atoms with E-state index in [1.54, 1.807) is 6.07 Å². The first-order valence-corrected chi connectivity index (χ1v) is 9.37. The fraction of sp³-hybridized carbons (Fsp3) is 0.294. The predicted octanol–water partition coefficient (Wildman–Crippen LogP) is 4.36. The Morgan fingerprint density at radius 3 is 2.27 bits per heavy atom. The summed E-state index contributed by atoms with van der Waals surface area (Å²) in [5.41, 5.74) is 1.99. The van der Waals surface area contributed by atoms with Gasteiger partial charge >= 0.3 is 0 Å². The molecular weight excluding hydrogens is 362 g/mol. The largest absolute Gasteiger partial charge is 0.244 e. The fourth-order valence-corrected chi connectivity index (χ4v) is 5.03. The van der Waals surface area contributed by atoms with Crippen LogP contribution in [-0.2, 0) is 16.6 Å². The Morgan fingerprint density at radius 1 is 1.09 bits per heavy atom. The van der Waals surface area contributed by atoms with Gasteiger partial charge in [0.05, 0.1) is 4.90 Å². The smallest absolute Gasteiger partial charge is 0.207 e. The quantitative estimate of drug-likeness (QED) is 0.771. The van der Waals surface area contributed by atoms with E-state index in [9.17, 15) is 8.42 Å². The van der Waals surface area contributed by atoms with Gasteiger partial charge in [-0.15, -0.1) is 0 Å². The molecule has 0 saturated carbocycles. The molecule has 0 saturated heterocycles. The topological polar surface area (TPSA) is 37.4 Å². The van der Waals surface area contributed by atoms with E-state index in [1.807, 2.05) is 63.2 Å². The Hall–Kier alpha value is -1.17. The summed E-state index contributed by atoms with van der Waals surface area (Å²) in [6.07, 6.45) is 0. The summed E-state index contributed by atoms with van der Waals surface area (Å²) < 4.78 is 28.1. The second-order valence-electron chi connectivity index (χ2n) is 5.56. The van der Waals surface area contributed by atoms with Crippen LogP contribution in [0.25, 0.3) is 0 Å². The number of rotatable bonds is 5. The molecule has 2 aromatic rings. The van der Waals surface area contributed by atoms with Gasteiger partial charge in [-0.25, -0.2) is 8.42 Å². The minimum Gasteiger partial charge on any atom is -0.207 e. The molecule has 0 amide bonds. The van der Waals surface area contributed by atoms with Gasteiger partial charge in [0.15, 0.2) is 0 Å². The van der Waals surface area contributed by atoms with Crippen molar-refractivity contribution in [1.82, 2.24) is 4.31 Å². The first-order valence-electron chi connectivity index (χ1n) is 7.14. The standard InChI is InChI=1S/C17H20BrNO2S/c1-13(2)19(12-15-7-5-4-6-8-15)22(20,21)17-10-9-14(3)11-16(17)18/h4-11,13H,12H2,1-3H3. The molecule has 0 atom stereocenters. The summed E-state index contributed by atoms with van der Waals surface area (Å²) in [5, 5.41) is 0. The zero-order chi connectivity index (χ0) is 16.3. The van der Waals surface area contributed by atoms with Crippen molar-refractivity contribution >= 4 is 26.0 Å². The van der Waals surface area contributed by atoms with Crippen LogP contribution in [0, 0.1) is 6.92 Å². The SMILES string of the molecule is Cc1ccc(S(=O)(=O)N(Cc2ccccc2)C(C)C)c(Br)c1. The first-order chi connectivity index (χ1) is 10.3. The van der Waals surface area contributed by atoms with Gasteiger partial charge in [0.1, 0.15) is 0 Å². The maximum atomic E-state index is 13.0. The van der Waals surface area contributed by atoms with Gasteiger partial charge in [-0.05, 0) is 60.0 Å². The molecule has 0 bridgehead atoms. The lowest BCUT2D eigenvalue weighted by molar-refractivity contribution is 0.348. The molecular formula is C17H20BrNO2S. The highest BCUT2D eigenvalue weighted by atomic mass is 79.9. The van der Waals surface area contributed by atoms with Crippen LogP contribution in [0.1, 0.15) is 25.0 Å². The van der Waals surface area contributed by atoms with Crippen LogP contribution in [0.15, 0.2) is 57.9 Å². The third kappa shape index (κ3) is 3.77. The Morgan fingerprint density at radius 2 is 1.73 bits per heavy atom. The summed E-state index contributed by atoms with van der Waals surface area (Å²) in [6.45, 7) is 6.08. The Kier molecular flexibility index (Phi) is 5.42. The number of hydrogen-bond donors (Lipinski definition) is 0. The molecule has 22 heavy (non-hydrogen) atoms. The molecule has 2 rings (SSSR count). The van der Waals surface area contributed by atoms with Crippen LogP contribution in [0.4, 0.5) is 0 Å². The Bertz CT molecular complexity index is 743. The number of benzene rings is 2. The minimum absolute atomic E-state index is 0.126. The van der Waals surface area contributed by atoms with Crippen LogP contribution in [-0.4, -0.2) is 18.8 Å². The lowest BCUT2D eigenvalue weighted by Gasteiger charge is -2.26. The number of hydrogen-bond acceptors (Lipinski definition) is 2. The van der Waals surface area contributed by atoms with Crippen molar-refractivity contribution in [2.24, 2.45) is 0 Å². The van der Waals surface area contributed by atoms with Crippen molar-refractivity contribution in [2.75, 3.05) is 0 Å². The van der Waals surface area contributed by atoms with E-state index in [1.165, 1.54) is 4.31 Å². The highest BCUT2D eigenvalue weighted by molar-refractivity contribution is 9.10. The second kappa shape index (κ2) is 6.94. The van der Waals surface area contributed by atoms with E-state index in [0.717, 1.165) is 11.1 Å². The highest BCUT2D eigenvalue weighted by Gasteiger charge is 2.28. The van der Waals surface area contributed by atoms with Gasteiger partial charge in [-0.1, -0.05) is 36.4 Å². The first kappa shape index (κ1) is 17.2. The highest BCUT2D eigenvalue weighted by Crippen LogP contribution is 2.28. The second-order valence-corrected chi connectivity index (χ2v) is 8.28. The molecule has 0 heterocycles. The number of nitrogens with zero attached hydrogens (tertiary/aromatic N) is 1. The van der Waals surface area contributed by atoms with Gasteiger partial charge in [0.25, 0.3) is 0 Å². The molecule has 0 radical (unpaired) electrons. The third-order valence-electron chi connectivity index (χ3n) is 3.43. The average Bonchev–Trinajstić information content (AvgIpc) is 2.45. The zero-order valence-electron chi connectivity index (χ0n) is 13.0. The molecule has 0 aromatic heterocycles. The maximum absolute atomic E-state index is 13.0. The minimum atomic E-state index is -3.56. The third-order valence-corrected chi connectivity index (χ3v) is 6.43. The van der Waals surface area contributed by atoms with Crippen molar-refractivity contribution < 1.29 is 8.42 Å². The van der Waals surface area contributed by atoms with Crippen molar-refractivity contribution in [3.8, 4) is 0 Å². The van der Waals surface area contributed by atoms with Crippen LogP contribution < -0.4 is 0 Å². The lowest BCUT2D eigenvalue weighted by atomic mass is 10.2. The molecule has 0 N–H and O–H groups in total. The molecule has 3 nitrogen and oxygen atoms in total. The Labute approximate surface area is 141 Å². The summed E-state index contributed by atoms with van der Waals surface area (Å²) in [6, 6.07) is 14.8. The summed E-state index contributed by atoms with van der Waals surface area (Å²) in [7, 11) is -3.56. The van der Waals surface area contributed by atoms with E-state index in [0.29, 0.717) is 15.9 Å². The van der Waals surface area contributed by atoms with E-state index in [2.05, 4.69) is 15.9 Å². The number of aryl methyl sites for hydroxylation is 1. The van der Waals surface area contributed by atoms with Gasteiger partial charge in [-0.2, -0.15) is 4.31 Å². The predicted molar refractivity (Wildman–Crippen MR) is 93.2 cm³/mol. The van der Waals surface area contributed by atoms with E-state index < -0.39 is 10.0 Å². The van der Waals surface area contributed by atoms with Gasteiger partial charge in [0.2, 0.25) is 10.0 Å². The molecule has 0 unspecified atom stereocenters. The molecule has 5 heteroatoms. The molecule has 0 fully saturated rings. The van der Waals surface area contributed by atoms with Crippen molar-refractivity contribution in [3.63, 3.8) is 0 Å². The summed E-state index contributed by atoms with van der Waals surface area (Å²) >= 11 is 3.38. The van der Waals surface area contributed by atoms with Crippen LogP contribution in [0.5, 0.6) is 0 Å². The van der Waals surface area contributed by atoms with Crippen molar-refractivity contribution in [2.45, 2.75) is 38.3 Å². The number of halogens is 1. The van der Waals surface area contributed by atoms with Crippen LogP contribution in [0.2, 0.25) is 0 Å². The molecule has 2 aromatic carbocycles. The lowest BCUT2D eigenvalue weighted by Crippen LogP contribution is -2.36. The molecule has 0 aliphatic heterocycles. The van der Waals surface area contributed by atoms with Crippen LogP contribution >= 0.6 is 15.9 Å². The van der Waals surface area contributed by atoms with E-state index >= 15 is 0 Å². The fourth-order valence-electron chi connectivity index (χ4n) is 2.25. The monoisotopic (exact) mass is 381 g/mol. The van der Waals surface area contributed by atoms with E-state index in [4.69, 9.17) is 0 Å². The van der Waals surface area contributed by atoms with Gasteiger partial charge in [0, 0.05) is 17.1 Å². The molecule has 0 aliphatic carbocycles. The summed E-state index contributed by atoms with van der Waals surface area (Å²) in [5.74, 6) is 0. The van der Waals surface area contributed by atoms with E-state index in [-0.39, 0.29) is 6.04 Å². The van der Waals surface area contributed by atoms with Gasteiger partial charge in [-0.3, -0.25) is 0 Å². The van der Waals surface area contributed by atoms with Crippen molar-refractivity contribution in [1.29, 1.82) is 0 Å². The average molecular weight is 382 g/mol. The van der Waals surface area contributed by atoms with Crippen LogP contribution in [0.3, 0.4) is 0 Å². The zero-order valence-corrected chi connectivity index (χ0v) is 15.4. The normalized spacial score (nSPS) is 12.1. The summed E-state index contributed by atoms with van der Waals surface area (Å²) in [4.78, 5) is 0.308. The Balaban J connectivity index is 2.42.